The lowest BCUT2D eigenvalue weighted by atomic mass is 9.78. The van der Waals surface area contributed by atoms with Crippen LogP contribution in [0.3, 0.4) is 0 Å². The van der Waals surface area contributed by atoms with Gasteiger partial charge in [0.05, 0.1) is 14.2 Å². The van der Waals surface area contributed by atoms with Crippen molar-refractivity contribution in [1.29, 1.82) is 0 Å². The molecule has 0 aromatic heterocycles. The summed E-state index contributed by atoms with van der Waals surface area (Å²) in [5.41, 5.74) is 1.31. The molecule has 0 radical (unpaired) electrons. The Morgan fingerprint density at radius 2 is 1.67 bits per heavy atom. The Morgan fingerprint density at radius 1 is 0.926 bits per heavy atom. The average Bonchev–Trinajstić information content (AvgIpc) is 3.18. The van der Waals surface area contributed by atoms with Gasteiger partial charge in [0.1, 0.15) is 0 Å². The molecule has 0 N–H and O–H groups in total. The predicted molar refractivity (Wildman–Crippen MR) is 113 cm³/mol. The SMILES string of the molecule is COc1cc(Br)c(CN2CCN3CCC[C@@H]3[C@H]2C2CCCCC2)cc1OC. The van der Waals surface area contributed by atoms with E-state index >= 15 is 0 Å². The fourth-order valence-electron chi connectivity index (χ4n) is 5.67. The Morgan fingerprint density at radius 3 is 2.41 bits per heavy atom. The lowest BCUT2D eigenvalue weighted by molar-refractivity contribution is -0.00393. The van der Waals surface area contributed by atoms with Gasteiger partial charge in [-0.3, -0.25) is 9.80 Å². The predicted octanol–water partition coefficient (Wildman–Crippen LogP) is 4.70. The van der Waals surface area contributed by atoms with Gasteiger partial charge in [0.25, 0.3) is 0 Å². The smallest absolute Gasteiger partial charge is 0.161 e. The first-order chi connectivity index (χ1) is 13.2. The van der Waals surface area contributed by atoms with E-state index in [0.717, 1.165) is 34.5 Å². The highest BCUT2D eigenvalue weighted by molar-refractivity contribution is 9.10. The van der Waals surface area contributed by atoms with Crippen molar-refractivity contribution in [1.82, 2.24) is 9.80 Å². The topological polar surface area (TPSA) is 24.9 Å². The summed E-state index contributed by atoms with van der Waals surface area (Å²) in [4.78, 5) is 5.56. The second kappa shape index (κ2) is 8.71. The molecule has 0 amide bonds. The summed E-state index contributed by atoms with van der Waals surface area (Å²) >= 11 is 3.78. The first-order valence-corrected chi connectivity index (χ1v) is 11.4. The van der Waals surface area contributed by atoms with Crippen LogP contribution in [-0.4, -0.2) is 55.7 Å². The number of benzene rings is 1. The number of hydrogen-bond acceptors (Lipinski definition) is 4. The maximum atomic E-state index is 5.56. The Hall–Kier alpha value is -0.780. The molecule has 5 heteroatoms. The van der Waals surface area contributed by atoms with Gasteiger partial charge in [-0.2, -0.15) is 0 Å². The molecule has 1 aromatic rings. The van der Waals surface area contributed by atoms with Crippen LogP contribution >= 0.6 is 15.9 Å². The van der Waals surface area contributed by atoms with Crippen molar-refractivity contribution in [2.45, 2.75) is 63.6 Å². The highest BCUT2D eigenvalue weighted by atomic mass is 79.9. The highest BCUT2D eigenvalue weighted by Crippen LogP contribution is 2.40. The molecule has 4 nitrogen and oxygen atoms in total. The fourth-order valence-corrected chi connectivity index (χ4v) is 6.12. The zero-order valence-corrected chi connectivity index (χ0v) is 18.3. The van der Waals surface area contributed by atoms with Crippen LogP contribution in [0, 0.1) is 5.92 Å². The third kappa shape index (κ3) is 4.01. The highest BCUT2D eigenvalue weighted by Gasteiger charge is 2.43. The minimum absolute atomic E-state index is 0.710. The normalized spacial score (nSPS) is 27.5. The molecule has 0 bridgehead atoms. The number of piperazine rings is 1. The molecular weight excluding hydrogens is 404 g/mol. The van der Waals surface area contributed by atoms with Crippen LogP contribution in [0.15, 0.2) is 16.6 Å². The third-order valence-corrected chi connectivity index (χ3v) is 7.70. The van der Waals surface area contributed by atoms with Crippen molar-refractivity contribution < 1.29 is 9.47 Å². The summed E-state index contributed by atoms with van der Waals surface area (Å²) in [5, 5.41) is 0. The van der Waals surface area contributed by atoms with Crippen LogP contribution < -0.4 is 9.47 Å². The van der Waals surface area contributed by atoms with Crippen LogP contribution in [0.25, 0.3) is 0 Å². The van der Waals surface area contributed by atoms with Gasteiger partial charge in [-0.1, -0.05) is 35.2 Å². The van der Waals surface area contributed by atoms with Crippen LogP contribution in [0.5, 0.6) is 11.5 Å². The summed E-state index contributed by atoms with van der Waals surface area (Å²) in [5.74, 6) is 2.48. The molecule has 1 saturated carbocycles. The van der Waals surface area contributed by atoms with Crippen molar-refractivity contribution in [2.75, 3.05) is 33.9 Å². The summed E-state index contributed by atoms with van der Waals surface area (Å²) in [6.45, 7) is 4.70. The summed E-state index contributed by atoms with van der Waals surface area (Å²) in [6, 6.07) is 5.68. The van der Waals surface area contributed by atoms with Crippen molar-refractivity contribution in [3.8, 4) is 11.5 Å². The largest absolute Gasteiger partial charge is 0.493 e. The number of nitrogens with zero attached hydrogens (tertiary/aromatic N) is 2. The number of hydrogen-bond donors (Lipinski definition) is 0. The van der Waals surface area contributed by atoms with E-state index in [2.05, 4.69) is 37.9 Å². The Balaban J connectivity index is 1.59. The van der Waals surface area contributed by atoms with E-state index in [1.165, 1.54) is 70.1 Å². The molecule has 2 heterocycles. The minimum Gasteiger partial charge on any atom is -0.493 e. The molecule has 2 atom stereocenters. The molecule has 0 unspecified atom stereocenters. The standard InChI is InChI=1S/C22H33BrN2O2/c1-26-20-13-17(18(23)14-21(20)27-2)15-25-12-11-24-10-6-9-19(24)22(25)16-7-4-3-5-8-16/h13-14,16,19,22H,3-12,15H2,1-2H3/t19-,22-/m1/s1. The van der Waals surface area contributed by atoms with Gasteiger partial charge < -0.3 is 9.47 Å². The molecule has 2 saturated heterocycles. The van der Waals surface area contributed by atoms with E-state index in [1.807, 2.05) is 0 Å². The Bertz CT molecular complexity index is 647. The number of methoxy groups -OCH3 is 2. The first-order valence-electron chi connectivity index (χ1n) is 10.6. The van der Waals surface area contributed by atoms with Crippen LogP contribution in [-0.2, 0) is 6.54 Å². The summed E-state index contributed by atoms with van der Waals surface area (Å²) in [7, 11) is 3.42. The maximum absolute atomic E-state index is 5.56. The van der Waals surface area contributed by atoms with Gasteiger partial charge >= 0.3 is 0 Å². The van der Waals surface area contributed by atoms with Crippen LogP contribution in [0.1, 0.15) is 50.5 Å². The Kier molecular flexibility index (Phi) is 6.30. The van der Waals surface area contributed by atoms with Crippen LogP contribution in [0.4, 0.5) is 0 Å². The molecule has 3 fully saturated rings. The molecule has 0 spiro atoms. The first kappa shape index (κ1) is 19.5. The molecular formula is C22H33BrN2O2. The molecule has 2 aliphatic heterocycles. The van der Waals surface area contributed by atoms with E-state index in [1.54, 1.807) is 14.2 Å². The molecule has 150 valence electrons. The van der Waals surface area contributed by atoms with E-state index in [9.17, 15) is 0 Å². The molecule has 1 aliphatic carbocycles. The molecule has 1 aromatic carbocycles. The van der Waals surface area contributed by atoms with Gasteiger partial charge in [-0.25, -0.2) is 0 Å². The van der Waals surface area contributed by atoms with Gasteiger partial charge in [0.2, 0.25) is 0 Å². The van der Waals surface area contributed by atoms with Gasteiger partial charge in [0.15, 0.2) is 11.5 Å². The zero-order chi connectivity index (χ0) is 18.8. The average molecular weight is 437 g/mol. The van der Waals surface area contributed by atoms with Gasteiger partial charge in [-0.15, -0.1) is 0 Å². The molecule has 27 heavy (non-hydrogen) atoms. The van der Waals surface area contributed by atoms with Crippen LogP contribution in [0.2, 0.25) is 0 Å². The maximum Gasteiger partial charge on any atom is 0.161 e. The van der Waals surface area contributed by atoms with Crippen molar-refractivity contribution in [3.63, 3.8) is 0 Å². The fraction of sp³-hybridized carbons (Fsp3) is 0.727. The monoisotopic (exact) mass is 436 g/mol. The van der Waals surface area contributed by atoms with Crippen molar-refractivity contribution in [3.05, 3.63) is 22.2 Å². The van der Waals surface area contributed by atoms with Crippen molar-refractivity contribution >= 4 is 15.9 Å². The quantitative estimate of drug-likeness (QED) is 0.667. The number of ether oxygens (including phenoxy) is 2. The Labute approximate surface area is 172 Å². The summed E-state index contributed by atoms with van der Waals surface area (Å²) in [6.07, 6.45) is 9.85. The lowest BCUT2D eigenvalue weighted by Gasteiger charge is -2.49. The second-order valence-corrected chi connectivity index (χ2v) is 9.26. The van der Waals surface area contributed by atoms with Gasteiger partial charge in [-0.05, 0) is 55.8 Å². The van der Waals surface area contributed by atoms with E-state index in [4.69, 9.17) is 9.47 Å². The minimum atomic E-state index is 0.710. The third-order valence-electron chi connectivity index (χ3n) is 6.96. The molecule has 4 rings (SSSR count). The van der Waals surface area contributed by atoms with E-state index in [0.29, 0.717) is 6.04 Å². The molecule has 3 aliphatic rings. The zero-order valence-electron chi connectivity index (χ0n) is 16.8. The number of rotatable bonds is 5. The van der Waals surface area contributed by atoms with Crippen molar-refractivity contribution in [2.24, 2.45) is 5.92 Å². The van der Waals surface area contributed by atoms with Gasteiger partial charge in [0, 0.05) is 36.2 Å². The lowest BCUT2D eigenvalue weighted by Crippen LogP contribution is -2.59. The number of fused-ring (bicyclic) bond motifs is 1. The summed E-state index contributed by atoms with van der Waals surface area (Å²) < 4.78 is 12.1. The van der Waals surface area contributed by atoms with E-state index in [-0.39, 0.29) is 0 Å². The number of halogens is 1. The second-order valence-electron chi connectivity index (χ2n) is 8.40. The van der Waals surface area contributed by atoms with E-state index < -0.39 is 0 Å².